The zero-order valence-electron chi connectivity index (χ0n) is 12.9. The summed E-state index contributed by atoms with van der Waals surface area (Å²) in [5.74, 6) is 0.113. The minimum atomic E-state index is -3.27. The van der Waals surface area contributed by atoms with Crippen LogP contribution in [-0.2, 0) is 16.4 Å². The summed E-state index contributed by atoms with van der Waals surface area (Å²) in [5.41, 5.74) is 1.04. The van der Waals surface area contributed by atoms with E-state index in [1.807, 2.05) is 66.8 Å². The van der Waals surface area contributed by atoms with Crippen LogP contribution in [0.3, 0.4) is 0 Å². The zero-order chi connectivity index (χ0) is 16.0. The fraction of sp³-hybridized carbons (Fsp3) is 0.375. The molecule has 2 aromatic rings. The number of nitrogens with zero attached hydrogens (tertiary/aromatic N) is 1. The van der Waals surface area contributed by atoms with Crippen LogP contribution in [0, 0.1) is 0 Å². The van der Waals surface area contributed by atoms with Gasteiger partial charge >= 0.3 is 0 Å². The second-order valence-corrected chi connectivity index (χ2v) is 8.30. The maximum Gasteiger partial charge on any atom is 0.211 e. The van der Waals surface area contributed by atoms with Crippen molar-refractivity contribution in [2.45, 2.75) is 12.5 Å². The molecule has 1 atom stereocenters. The van der Waals surface area contributed by atoms with Crippen LogP contribution in [0.5, 0.6) is 0 Å². The highest BCUT2D eigenvalue weighted by Crippen LogP contribution is 2.22. The van der Waals surface area contributed by atoms with Gasteiger partial charge in [-0.15, -0.1) is 11.3 Å². The summed E-state index contributed by atoms with van der Waals surface area (Å²) >= 11 is 1.64. The van der Waals surface area contributed by atoms with Gasteiger partial charge in [-0.1, -0.05) is 36.4 Å². The van der Waals surface area contributed by atoms with Crippen molar-refractivity contribution in [1.82, 2.24) is 9.62 Å². The Kier molecular flexibility index (Phi) is 6.14. The molecule has 1 aromatic heterocycles. The van der Waals surface area contributed by atoms with Crippen LogP contribution in [0.2, 0.25) is 0 Å². The molecule has 2 rings (SSSR count). The van der Waals surface area contributed by atoms with E-state index in [1.165, 1.54) is 0 Å². The number of hydrogen-bond acceptors (Lipinski definition) is 4. The third-order valence-corrected chi connectivity index (χ3v) is 5.82. The molecule has 0 aliphatic carbocycles. The minimum absolute atomic E-state index is 0.0616. The van der Waals surface area contributed by atoms with E-state index >= 15 is 0 Å². The van der Waals surface area contributed by atoms with E-state index < -0.39 is 10.0 Å². The highest BCUT2D eigenvalue weighted by Gasteiger charge is 2.18. The lowest BCUT2D eigenvalue weighted by Crippen LogP contribution is -2.35. The molecule has 0 aliphatic rings. The van der Waals surface area contributed by atoms with E-state index in [1.54, 1.807) is 11.3 Å². The molecule has 4 nitrogen and oxygen atoms in total. The molecule has 120 valence electrons. The molecular formula is C16H22N2O2S2. The standard InChI is InChI=1S/C16H22N2O2S2/c1-18(2)15(16-9-6-11-21-16)13-17-22(19,20)12-10-14-7-4-3-5-8-14/h3-9,11,15,17H,10,12-13H2,1-2H3/t15-/m0/s1. The average Bonchev–Trinajstić information content (AvgIpc) is 3.00. The van der Waals surface area contributed by atoms with E-state index in [2.05, 4.69) is 4.72 Å². The fourth-order valence-electron chi connectivity index (χ4n) is 2.19. The number of hydrogen-bond donors (Lipinski definition) is 1. The van der Waals surface area contributed by atoms with Gasteiger partial charge in [0.25, 0.3) is 0 Å². The van der Waals surface area contributed by atoms with Crippen molar-refractivity contribution in [3.05, 3.63) is 58.3 Å². The monoisotopic (exact) mass is 338 g/mol. The third kappa shape index (κ3) is 5.21. The van der Waals surface area contributed by atoms with Crippen LogP contribution < -0.4 is 4.72 Å². The molecule has 22 heavy (non-hydrogen) atoms. The smallest absolute Gasteiger partial charge is 0.211 e. The lowest BCUT2D eigenvalue weighted by Gasteiger charge is -2.23. The summed E-state index contributed by atoms with van der Waals surface area (Å²) < 4.78 is 27.1. The van der Waals surface area contributed by atoms with Crippen LogP contribution in [0.1, 0.15) is 16.5 Å². The predicted octanol–water partition coefficient (Wildman–Crippen LogP) is 2.51. The summed E-state index contributed by atoms with van der Waals surface area (Å²) in [5, 5.41) is 2.01. The number of benzene rings is 1. The van der Waals surface area contributed by atoms with Crippen LogP contribution in [-0.4, -0.2) is 39.7 Å². The molecule has 1 N–H and O–H groups in total. The van der Waals surface area contributed by atoms with Gasteiger partial charge in [0, 0.05) is 11.4 Å². The van der Waals surface area contributed by atoms with Crippen molar-refractivity contribution in [3.8, 4) is 0 Å². The van der Waals surface area contributed by atoms with Gasteiger partial charge in [0.15, 0.2) is 0 Å². The molecular weight excluding hydrogens is 316 g/mol. The first-order valence-corrected chi connectivity index (χ1v) is 9.72. The van der Waals surface area contributed by atoms with Gasteiger partial charge in [-0.25, -0.2) is 13.1 Å². The van der Waals surface area contributed by atoms with Crippen molar-refractivity contribution in [2.24, 2.45) is 0 Å². The molecule has 0 unspecified atom stereocenters. The van der Waals surface area contributed by atoms with Gasteiger partial charge in [0.05, 0.1) is 11.8 Å². The Balaban J connectivity index is 1.91. The number of nitrogens with one attached hydrogen (secondary N) is 1. The van der Waals surface area contributed by atoms with Crippen molar-refractivity contribution >= 4 is 21.4 Å². The molecule has 0 fully saturated rings. The largest absolute Gasteiger partial charge is 0.300 e. The number of likely N-dealkylation sites (N-methyl/N-ethyl adjacent to an activating group) is 1. The predicted molar refractivity (Wildman–Crippen MR) is 92.7 cm³/mol. The molecule has 0 saturated heterocycles. The van der Waals surface area contributed by atoms with E-state index in [4.69, 9.17) is 0 Å². The van der Waals surface area contributed by atoms with Crippen LogP contribution in [0.4, 0.5) is 0 Å². The van der Waals surface area contributed by atoms with Gasteiger partial charge in [0.2, 0.25) is 10.0 Å². The molecule has 1 heterocycles. The Morgan fingerprint density at radius 1 is 1.14 bits per heavy atom. The van der Waals surface area contributed by atoms with Crippen LogP contribution in [0.15, 0.2) is 47.8 Å². The third-order valence-electron chi connectivity index (χ3n) is 3.49. The highest BCUT2D eigenvalue weighted by atomic mass is 32.2. The van der Waals surface area contributed by atoms with Gasteiger partial charge in [0.1, 0.15) is 0 Å². The van der Waals surface area contributed by atoms with Crippen molar-refractivity contribution in [2.75, 3.05) is 26.4 Å². The minimum Gasteiger partial charge on any atom is -0.300 e. The van der Waals surface area contributed by atoms with Gasteiger partial charge in [-0.2, -0.15) is 0 Å². The fourth-order valence-corrected chi connectivity index (χ4v) is 4.18. The summed E-state index contributed by atoms with van der Waals surface area (Å²) in [7, 11) is 0.650. The molecule has 0 spiro atoms. The lowest BCUT2D eigenvalue weighted by molar-refractivity contribution is 0.303. The number of rotatable bonds is 8. The van der Waals surface area contributed by atoms with Gasteiger partial charge in [-0.05, 0) is 37.5 Å². The molecule has 0 amide bonds. The Morgan fingerprint density at radius 3 is 2.45 bits per heavy atom. The Morgan fingerprint density at radius 2 is 1.86 bits per heavy atom. The second kappa shape index (κ2) is 7.87. The molecule has 0 radical (unpaired) electrons. The van der Waals surface area contributed by atoms with E-state index in [0.29, 0.717) is 13.0 Å². The Labute approximate surface area is 136 Å². The summed E-state index contributed by atoms with van der Waals surface area (Å²) in [6.45, 7) is 0.393. The summed E-state index contributed by atoms with van der Waals surface area (Å²) in [6.07, 6.45) is 0.530. The Bertz CT molecular complexity index is 653. The average molecular weight is 338 g/mol. The van der Waals surface area contributed by atoms with Gasteiger partial charge in [-0.3, -0.25) is 0 Å². The number of sulfonamides is 1. The number of aryl methyl sites for hydroxylation is 1. The molecule has 0 saturated carbocycles. The molecule has 0 bridgehead atoms. The first-order chi connectivity index (χ1) is 10.5. The van der Waals surface area contributed by atoms with Crippen LogP contribution in [0.25, 0.3) is 0 Å². The van der Waals surface area contributed by atoms with Gasteiger partial charge < -0.3 is 4.90 Å². The number of thiophene rings is 1. The first kappa shape index (κ1) is 17.1. The topological polar surface area (TPSA) is 49.4 Å². The van der Waals surface area contributed by atoms with E-state index in [0.717, 1.165) is 10.4 Å². The molecule has 1 aromatic carbocycles. The summed E-state index contributed by atoms with van der Waals surface area (Å²) in [4.78, 5) is 3.20. The van der Waals surface area contributed by atoms with E-state index in [-0.39, 0.29) is 11.8 Å². The van der Waals surface area contributed by atoms with Crippen molar-refractivity contribution in [1.29, 1.82) is 0 Å². The zero-order valence-corrected chi connectivity index (χ0v) is 14.5. The SMILES string of the molecule is CN(C)[C@@H](CNS(=O)(=O)CCc1ccccc1)c1cccs1. The summed E-state index contributed by atoms with van der Waals surface area (Å²) in [6, 6.07) is 13.8. The molecule has 6 heteroatoms. The van der Waals surface area contributed by atoms with E-state index in [9.17, 15) is 8.42 Å². The maximum atomic E-state index is 12.2. The van der Waals surface area contributed by atoms with Crippen LogP contribution >= 0.6 is 11.3 Å². The second-order valence-electron chi connectivity index (χ2n) is 5.40. The lowest BCUT2D eigenvalue weighted by atomic mass is 10.2. The van der Waals surface area contributed by atoms with Crippen molar-refractivity contribution < 1.29 is 8.42 Å². The highest BCUT2D eigenvalue weighted by molar-refractivity contribution is 7.89. The van der Waals surface area contributed by atoms with Crippen molar-refractivity contribution in [3.63, 3.8) is 0 Å². The Hall–Kier alpha value is -1.21. The maximum absolute atomic E-state index is 12.2. The quantitative estimate of drug-likeness (QED) is 0.804. The molecule has 0 aliphatic heterocycles. The first-order valence-electron chi connectivity index (χ1n) is 7.19. The normalized spacial score (nSPS) is 13.4.